The normalized spacial score (nSPS) is 13.8. The summed E-state index contributed by atoms with van der Waals surface area (Å²) in [6.07, 6.45) is 0. The average Bonchev–Trinajstić information content (AvgIpc) is 2.50. The Hall–Kier alpha value is -2.12. The monoisotopic (exact) mass is 337 g/mol. The van der Waals surface area contributed by atoms with Crippen LogP contribution in [-0.4, -0.2) is 54.8 Å². The molecular formula is C17H27N3O4. The lowest BCUT2D eigenvalue weighted by Crippen LogP contribution is -2.36. The predicted molar refractivity (Wildman–Crippen MR) is 92.0 cm³/mol. The van der Waals surface area contributed by atoms with Gasteiger partial charge in [0, 0.05) is 12.7 Å². The Morgan fingerprint density at radius 3 is 2.38 bits per heavy atom. The molecule has 0 saturated carbocycles. The summed E-state index contributed by atoms with van der Waals surface area (Å²) in [7, 11) is 3.45. The molecule has 0 spiro atoms. The largest absolute Gasteiger partial charge is 0.459 e. The number of rotatable bonds is 7. The topological polar surface area (TPSA) is 97.4 Å². The molecule has 0 aliphatic rings. The molecule has 1 rings (SSSR count). The molecule has 0 aliphatic heterocycles. The maximum absolute atomic E-state index is 12.0. The summed E-state index contributed by atoms with van der Waals surface area (Å²) in [4.78, 5) is 13.9. The maximum atomic E-state index is 12.0. The van der Waals surface area contributed by atoms with Crippen LogP contribution in [0.1, 0.15) is 37.9 Å². The van der Waals surface area contributed by atoms with Crippen molar-refractivity contribution < 1.29 is 19.5 Å². The van der Waals surface area contributed by atoms with Gasteiger partial charge in [-0.25, -0.2) is 0 Å². The summed E-state index contributed by atoms with van der Waals surface area (Å²) in [5.41, 5.74) is 6.62. The highest BCUT2D eigenvalue weighted by atomic mass is 16.6. The minimum atomic E-state index is -0.516. The average molecular weight is 337 g/mol. The van der Waals surface area contributed by atoms with Crippen molar-refractivity contribution in [1.82, 2.24) is 4.90 Å². The number of ether oxygens (including phenoxy) is 2. The first-order valence-electron chi connectivity index (χ1n) is 7.67. The number of methoxy groups -OCH3 is 1. The molecule has 0 fully saturated rings. The molecule has 1 atom stereocenters. The Morgan fingerprint density at radius 1 is 1.33 bits per heavy atom. The molecule has 0 amide bonds. The third-order valence-electron chi connectivity index (χ3n) is 3.35. The summed E-state index contributed by atoms with van der Waals surface area (Å²) >= 11 is 0. The van der Waals surface area contributed by atoms with Crippen molar-refractivity contribution in [3.8, 4) is 0 Å². The van der Waals surface area contributed by atoms with Gasteiger partial charge in [-0.2, -0.15) is 0 Å². The zero-order valence-corrected chi connectivity index (χ0v) is 14.9. The molecule has 1 aromatic carbocycles. The van der Waals surface area contributed by atoms with E-state index in [-0.39, 0.29) is 24.4 Å². The molecule has 0 saturated heterocycles. The van der Waals surface area contributed by atoms with Crippen LogP contribution in [-0.2, 0) is 14.3 Å². The van der Waals surface area contributed by atoms with Crippen LogP contribution in [0.3, 0.4) is 0 Å². The Morgan fingerprint density at radius 2 is 1.92 bits per heavy atom. The first-order valence-corrected chi connectivity index (χ1v) is 7.67. The molecule has 0 heterocycles. The summed E-state index contributed by atoms with van der Waals surface area (Å²) in [6, 6.07) is 7.12. The highest BCUT2D eigenvalue weighted by Gasteiger charge is 2.23. The van der Waals surface area contributed by atoms with Crippen LogP contribution in [0.15, 0.2) is 29.4 Å². The Balaban J connectivity index is 2.87. The number of hydrogen-bond acceptors (Lipinski definition) is 6. The van der Waals surface area contributed by atoms with Crippen molar-refractivity contribution in [2.45, 2.75) is 32.4 Å². The third-order valence-corrected chi connectivity index (χ3v) is 3.35. The number of amidine groups is 1. The van der Waals surface area contributed by atoms with Gasteiger partial charge in [-0.3, -0.25) is 9.69 Å². The number of benzene rings is 1. The highest BCUT2D eigenvalue weighted by molar-refractivity contribution is 5.96. The van der Waals surface area contributed by atoms with Gasteiger partial charge in [-0.05, 0) is 33.4 Å². The fourth-order valence-electron chi connectivity index (χ4n) is 2.26. The van der Waals surface area contributed by atoms with E-state index in [4.69, 9.17) is 20.4 Å². The van der Waals surface area contributed by atoms with Gasteiger partial charge in [0.2, 0.25) is 0 Å². The van der Waals surface area contributed by atoms with E-state index in [1.54, 1.807) is 19.2 Å². The zero-order chi connectivity index (χ0) is 18.3. The van der Waals surface area contributed by atoms with Crippen LogP contribution in [0, 0.1) is 0 Å². The Kier molecular flexibility index (Phi) is 7.18. The van der Waals surface area contributed by atoms with Crippen molar-refractivity contribution in [2.75, 3.05) is 27.3 Å². The van der Waals surface area contributed by atoms with Crippen molar-refractivity contribution >= 4 is 11.8 Å². The van der Waals surface area contributed by atoms with Crippen molar-refractivity contribution in [3.05, 3.63) is 35.4 Å². The molecule has 7 heteroatoms. The number of nitrogens with two attached hydrogens (primary N) is 1. The molecule has 0 aliphatic carbocycles. The number of esters is 1. The second-order valence-corrected chi connectivity index (χ2v) is 6.58. The van der Waals surface area contributed by atoms with Gasteiger partial charge < -0.3 is 20.4 Å². The molecule has 3 N–H and O–H groups in total. The molecule has 24 heavy (non-hydrogen) atoms. The first kappa shape index (κ1) is 19.9. The SMILES string of the molecule is COCC(c1ccc(C(N)=NO)cc1)N(C)CC(=O)OC(C)(C)C. The van der Waals surface area contributed by atoms with E-state index in [2.05, 4.69) is 5.16 Å². The number of likely N-dealkylation sites (N-methyl/N-ethyl adjacent to an activating group) is 1. The van der Waals surface area contributed by atoms with Crippen LogP contribution in [0.25, 0.3) is 0 Å². The summed E-state index contributed by atoms with van der Waals surface area (Å²) in [5, 5.41) is 11.7. The van der Waals surface area contributed by atoms with Gasteiger partial charge in [-0.15, -0.1) is 0 Å². The van der Waals surface area contributed by atoms with Crippen LogP contribution in [0.4, 0.5) is 0 Å². The lowest BCUT2D eigenvalue weighted by atomic mass is 10.0. The third kappa shape index (κ3) is 6.17. The van der Waals surface area contributed by atoms with Gasteiger partial charge in [0.05, 0.1) is 19.2 Å². The molecule has 1 unspecified atom stereocenters. The fourth-order valence-corrected chi connectivity index (χ4v) is 2.26. The molecular weight excluding hydrogens is 310 g/mol. The lowest BCUT2D eigenvalue weighted by molar-refractivity contribution is -0.156. The quantitative estimate of drug-likeness (QED) is 0.259. The van der Waals surface area contributed by atoms with Crippen molar-refractivity contribution in [2.24, 2.45) is 10.9 Å². The number of hydrogen-bond donors (Lipinski definition) is 2. The van der Waals surface area contributed by atoms with E-state index >= 15 is 0 Å². The number of carbonyl (C=O) groups excluding carboxylic acids is 1. The van der Waals surface area contributed by atoms with E-state index < -0.39 is 5.60 Å². The van der Waals surface area contributed by atoms with Gasteiger partial charge >= 0.3 is 5.97 Å². The standard InChI is InChI=1S/C17H27N3O4/c1-17(2,3)24-15(21)10-20(4)14(11-23-5)12-6-8-13(9-7-12)16(18)19-22/h6-9,14,22H,10-11H2,1-5H3,(H2,18,19). The van der Waals surface area contributed by atoms with E-state index in [1.807, 2.05) is 44.9 Å². The van der Waals surface area contributed by atoms with Gasteiger partial charge in [0.1, 0.15) is 5.60 Å². The molecule has 0 bridgehead atoms. The Labute approximate surface area is 143 Å². The fraction of sp³-hybridized carbons (Fsp3) is 0.529. The molecule has 134 valence electrons. The van der Waals surface area contributed by atoms with Crippen LogP contribution < -0.4 is 5.73 Å². The minimum Gasteiger partial charge on any atom is -0.459 e. The molecule has 0 radical (unpaired) electrons. The number of carbonyl (C=O) groups is 1. The van der Waals surface area contributed by atoms with E-state index in [0.717, 1.165) is 5.56 Å². The number of oxime groups is 1. The highest BCUT2D eigenvalue weighted by Crippen LogP contribution is 2.21. The van der Waals surface area contributed by atoms with Gasteiger partial charge in [-0.1, -0.05) is 29.4 Å². The minimum absolute atomic E-state index is 0.0481. The molecule has 0 aromatic heterocycles. The smallest absolute Gasteiger partial charge is 0.320 e. The zero-order valence-electron chi connectivity index (χ0n) is 14.9. The summed E-state index contributed by atoms with van der Waals surface area (Å²) in [5.74, 6) is -0.244. The summed E-state index contributed by atoms with van der Waals surface area (Å²) in [6.45, 7) is 6.08. The van der Waals surface area contributed by atoms with E-state index in [1.165, 1.54) is 0 Å². The predicted octanol–water partition coefficient (Wildman–Crippen LogP) is 1.74. The molecule has 1 aromatic rings. The van der Waals surface area contributed by atoms with Crippen LogP contribution >= 0.6 is 0 Å². The van der Waals surface area contributed by atoms with Gasteiger partial charge in [0.25, 0.3) is 0 Å². The van der Waals surface area contributed by atoms with Gasteiger partial charge in [0.15, 0.2) is 5.84 Å². The maximum Gasteiger partial charge on any atom is 0.320 e. The first-order chi connectivity index (χ1) is 11.2. The molecule has 7 nitrogen and oxygen atoms in total. The van der Waals surface area contributed by atoms with Crippen molar-refractivity contribution in [3.63, 3.8) is 0 Å². The second kappa shape index (κ2) is 8.65. The summed E-state index contributed by atoms with van der Waals surface area (Å²) < 4.78 is 10.6. The van der Waals surface area contributed by atoms with Crippen molar-refractivity contribution in [1.29, 1.82) is 0 Å². The van der Waals surface area contributed by atoms with E-state index in [0.29, 0.717) is 12.2 Å². The number of nitrogens with zero attached hydrogens (tertiary/aromatic N) is 2. The van der Waals surface area contributed by atoms with E-state index in [9.17, 15) is 4.79 Å². The lowest BCUT2D eigenvalue weighted by Gasteiger charge is -2.28. The second-order valence-electron chi connectivity index (χ2n) is 6.58. The Bertz CT molecular complexity index is 564. The van der Waals surface area contributed by atoms with Crippen LogP contribution in [0.2, 0.25) is 0 Å². The van der Waals surface area contributed by atoms with Crippen LogP contribution in [0.5, 0.6) is 0 Å².